The molecule has 0 aliphatic heterocycles. The molecule has 0 saturated heterocycles. The normalized spacial score (nSPS) is 12.8. The van der Waals surface area contributed by atoms with E-state index in [2.05, 4.69) is 75.5 Å². The van der Waals surface area contributed by atoms with E-state index in [-0.39, 0.29) is 6.10 Å². The molecule has 0 heterocycles. The highest BCUT2D eigenvalue weighted by Gasteiger charge is 2.24. The van der Waals surface area contributed by atoms with Crippen LogP contribution in [0.4, 0.5) is 0 Å². The zero-order valence-corrected chi connectivity index (χ0v) is 18.9. The summed E-state index contributed by atoms with van der Waals surface area (Å²) in [4.78, 5) is 0. The van der Waals surface area contributed by atoms with Gasteiger partial charge in [-0.05, 0) is 56.7 Å². The van der Waals surface area contributed by atoms with Crippen molar-refractivity contribution in [2.24, 2.45) is 0 Å². The summed E-state index contributed by atoms with van der Waals surface area (Å²) >= 11 is 0. The molecule has 0 fully saturated rings. The van der Waals surface area contributed by atoms with E-state index >= 15 is 0 Å². The van der Waals surface area contributed by atoms with Crippen LogP contribution in [-0.4, -0.2) is 29.3 Å². The quantitative estimate of drug-likeness (QED) is 0.271. The molecule has 2 nitrogen and oxygen atoms in total. The highest BCUT2D eigenvalue weighted by molar-refractivity contribution is 6.72. The zero-order chi connectivity index (χ0) is 19.5. The Morgan fingerprint density at radius 2 is 1.62 bits per heavy atom. The molecule has 142 valence electrons. The van der Waals surface area contributed by atoms with Gasteiger partial charge in [-0.15, -0.1) is 13.2 Å². The maximum absolute atomic E-state index is 6.41. The van der Waals surface area contributed by atoms with Crippen molar-refractivity contribution in [3.63, 3.8) is 0 Å². The molecule has 4 heteroatoms. The third kappa shape index (κ3) is 9.93. The van der Waals surface area contributed by atoms with Gasteiger partial charge in [-0.3, -0.25) is 0 Å². The number of benzene rings is 1. The van der Waals surface area contributed by atoms with Crippen molar-refractivity contribution in [1.82, 2.24) is 0 Å². The van der Waals surface area contributed by atoms with E-state index in [9.17, 15) is 0 Å². The highest BCUT2D eigenvalue weighted by atomic mass is 28.4. The van der Waals surface area contributed by atoms with Crippen LogP contribution < -0.4 is 0 Å². The van der Waals surface area contributed by atoms with Crippen molar-refractivity contribution >= 4 is 16.6 Å². The second kappa shape index (κ2) is 11.4. The first-order valence-corrected chi connectivity index (χ1v) is 15.6. The van der Waals surface area contributed by atoms with E-state index < -0.39 is 16.6 Å². The van der Waals surface area contributed by atoms with Crippen LogP contribution in [0, 0.1) is 11.8 Å². The second-order valence-electron chi connectivity index (χ2n) is 7.75. The number of hydrogen-bond donors (Lipinski definition) is 0. The third-order valence-electron chi connectivity index (χ3n) is 4.07. The fraction of sp³-hybridized carbons (Fsp3) is 0.455. The summed E-state index contributed by atoms with van der Waals surface area (Å²) < 4.78 is 12.4. The van der Waals surface area contributed by atoms with Crippen LogP contribution in [-0.2, 0) is 15.3 Å². The predicted octanol–water partition coefficient (Wildman–Crippen LogP) is 5.81. The second-order valence-corrected chi connectivity index (χ2v) is 16.1. The van der Waals surface area contributed by atoms with E-state index in [0.29, 0.717) is 6.61 Å². The lowest BCUT2D eigenvalue weighted by molar-refractivity contribution is 0.238. The van der Waals surface area contributed by atoms with Gasteiger partial charge >= 0.3 is 0 Å². The summed E-state index contributed by atoms with van der Waals surface area (Å²) in [5.74, 6) is 6.52. The van der Waals surface area contributed by atoms with Gasteiger partial charge in [0.05, 0.1) is 6.61 Å². The highest BCUT2D eigenvalue weighted by Crippen LogP contribution is 2.17. The lowest BCUT2D eigenvalue weighted by atomic mass is 10.1. The molecule has 0 aromatic heterocycles. The molecule has 0 amide bonds. The topological polar surface area (TPSA) is 18.5 Å². The van der Waals surface area contributed by atoms with Gasteiger partial charge < -0.3 is 8.85 Å². The maximum Gasteiger partial charge on any atom is 0.192 e. The van der Waals surface area contributed by atoms with Gasteiger partial charge in [-0.25, -0.2) is 0 Å². The van der Waals surface area contributed by atoms with E-state index in [1.807, 2.05) is 18.2 Å². The minimum Gasteiger partial charge on any atom is -0.406 e. The van der Waals surface area contributed by atoms with Crippen molar-refractivity contribution in [1.29, 1.82) is 0 Å². The van der Waals surface area contributed by atoms with Crippen molar-refractivity contribution < 1.29 is 8.85 Å². The molecule has 1 unspecified atom stereocenters. The van der Waals surface area contributed by atoms with E-state index in [1.165, 1.54) is 5.56 Å². The molecule has 1 rings (SSSR count). The Hall–Kier alpha value is -1.39. The molecule has 1 aromatic carbocycles. The van der Waals surface area contributed by atoms with Gasteiger partial charge in [0.2, 0.25) is 0 Å². The van der Waals surface area contributed by atoms with Crippen molar-refractivity contribution in [3.05, 3.63) is 61.2 Å². The van der Waals surface area contributed by atoms with Crippen LogP contribution in [0.3, 0.4) is 0 Å². The first-order valence-electron chi connectivity index (χ1n) is 9.34. The Balaban J connectivity index is 2.69. The number of rotatable bonds is 11. The first kappa shape index (κ1) is 22.7. The van der Waals surface area contributed by atoms with Crippen LogP contribution in [0.25, 0.3) is 0 Å². The Kier molecular flexibility index (Phi) is 9.89. The van der Waals surface area contributed by atoms with E-state index in [0.717, 1.165) is 24.9 Å². The van der Waals surface area contributed by atoms with Gasteiger partial charge in [0.15, 0.2) is 16.6 Å². The minimum absolute atomic E-state index is 0.0513. The number of allylic oxidation sites excluding steroid dienone is 2. The van der Waals surface area contributed by atoms with Crippen LogP contribution in [0.2, 0.25) is 38.3 Å². The molecule has 0 radical (unpaired) electrons. The van der Waals surface area contributed by atoms with E-state index in [4.69, 9.17) is 8.85 Å². The minimum atomic E-state index is -1.78. The molecule has 1 aromatic rings. The maximum atomic E-state index is 6.41. The summed E-state index contributed by atoms with van der Waals surface area (Å²) in [6.07, 6.45) is 5.72. The molecular formula is C22H34O2Si2. The van der Waals surface area contributed by atoms with Gasteiger partial charge in [0.25, 0.3) is 0 Å². The fourth-order valence-corrected chi connectivity index (χ4v) is 5.69. The lowest BCUT2D eigenvalue weighted by Gasteiger charge is -2.26. The Morgan fingerprint density at radius 3 is 2.23 bits per heavy atom. The largest absolute Gasteiger partial charge is 0.406 e. The summed E-state index contributed by atoms with van der Waals surface area (Å²) in [6.45, 7) is 17.0. The molecule has 0 N–H and O–H groups in total. The van der Waals surface area contributed by atoms with Gasteiger partial charge in [-0.2, -0.15) is 0 Å². The summed E-state index contributed by atoms with van der Waals surface area (Å²) in [6, 6.07) is 12.4. The molecule has 26 heavy (non-hydrogen) atoms. The lowest BCUT2D eigenvalue weighted by Crippen LogP contribution is -2.34. The molecule has 1 atom stereocenters. The molecular weight excluding hydrogens is 352 g/mol. The Labute approximate surface area is 162 Å². The third-order valence-corrected chi connectivity index (χ3v) is 8.46. The zero-order valence-electron chi connectivity index (χ0n) is 16.9. The van der Waals surface area contributed by atoms with E-state index in [1.54, 1.807) is 0 Å². The first-order chi connectivity index (χ1) is 12.3. The van der Waals surface area contributed by atoms with Gasteiger partial charge in [-0.1, -0.05) is 54.3 Å². The Morgan fingerprint density at radius 1 is 1.00 bits per heavy atom. The van der Waals surface area contributed by atoms with Crippen LogP contribution >= 0.6 is 0 Å². The fourth-order valence-electron chi connectivity index (χ4n) is 2.68. The van der Waals surface area contributed by atoms with Crippen LogP contribution in [0.15, 0.2) is 55.6 Å². The smallest absolute Gasteiger partial charge is 0.192 e. The van der Waals surface area contributed by atoms with Crippen LogP contribution in [0.1, 0.15) is 12.0 Å². The van der Waals surface area contributed by atoms with Gasteiger partial charge in [0, 0.05) is 0 Å². The average molecular weight is 387 g/mol. The summed E-state index contributed by atoms with van der Waals surface area (Å²) in [5, 5.41) is 0. The molecule has 0 aliphatic carbocycles. The monoisotopic (exact) mass is 386 g/mol. The number of hydrogen-bond acceptors (Lipinski definition) is 2. The molecule has 0 spiro atoms. The Bertz CT molecular complexity index is 612. The summed E-state index contributed by atoms with van der Waals surface area (Å²) in [5.41, 5.74) is 1.32. The van der Waals surface area contributed by atoms with Crippen molar-refractivity contribution in [2.75, 3.05) is 6.61 Å². The molecule has 0 aliphatic rings. The molecule has 0 saturated carbocycles. The predicted molar refractivity (Wildman–Crippen MR) is 118 cm³/mol. The standard InChI is InChI=1S/C22H34O2Si2/c1-7-19-25(3,4)23-18-12-15-22(24-26(5,6)20-8-2)17-16-21-13-10-9-11-14-21/h7-11,13-14,22H,1-2,16-20H2,3-6H3. The average Bonchev–Trinajstić information content (AvgIpc) is 2.57. The van der Waals surface area contributed by atoms with Gasteiger partial charge in [0.1, 0.15) is 6.10 Å². The van der Waals surface area contributed by atoms with Crippen molar-refractivity contribution in [3.8, 4) is 11.8 Å². The van der Waals surface area contributed by atoms with Crippen molar-refractivity contribution in [2.45, 2.75) is 57.2 Å². The summed E-state index contributed by atoms with van der Waals surface area (Å²) in [7, 11) is -3.45. The van der Waals surface area contributed by atoms with Crippen LogP contribution in [0.5, 0.6) is 0 Å². The number of aryl methyl sites for hydroxylation is 1. The SMILES string of the molecule is C=CC[Si](C)(C)OCC#CC(CCc1ccccc1)O[Si](C)(C)CC=C. The molecule has 0 bridgehead atoms.